The van der Waals surface area contributed by atoms with E-state index in [0.29, 0.717) is 0 Å². The Morgan fingerprint density at radius 3 is 3.00 bits per heavy atom. The van der Waals surface area contributed by atoms with E-state index in [1.807, 2.05) is 24.5 Å². The number of hydrogen-bond acceptors (Lipinski definition) is 3. The van der Waals surface area contributed by atoms with Gasteiger partial charge in [-0.2, -0.15) is 0 Å². The number of benzene rings is 1. The van der Waals surface area contributed by atoms with Gasteiger partial charge in [-0.25, -0.2) is 0 Å². The Bertz CT molecular complexity index is 328. The lowest BCUT2D eigenvalue weighted by molar-refractivity contribution is 0.414. The van der Waals surface area contributed by atoms with E-state index < -0.39 is 0 Å². The molecule has 0 aliphatic carbocycles. The summed E-state index contributed by atoms with van der Waals surface area (Å²) in [5, 5.41) is 3.17. The molecule has 82 valence electrons. The van der Waals surface area contributed by atoms with E-state index in [9.17, 15) is 0 Å². The average Bonchev–Trinajstić information content (AvgIpc) is 2.29. The quantitative estimate of drug-likeness (QED) is 0.817. The molecule has 0 aliphatic rings. The lowest BCUT2D eigenvalue weighted by atomic mass is 10.1. The van der Waals surface area contributed by atoms with Crippen LogP contribution in [0.2, 0.25) is 0 Å². The Balaban J connectivity index is 2.40. The minimum Gasteiger partial charge on any atom is -0.497 e. The molecular weight excluding hydrogens is 226 g/mol. The molecule has 0 radical (unpaired) electrons. The van der Waals surface area contributed by atoms with Crippen molar-refractivity contribution < 1.29 is 4.74 Å². The summed E-state index contributed by atoms with van der Waals surface area (Å²) in [6.07, 6.45) is 2.93. The molecule has 0 saturated carbocycles. The number of ether oxygens (including phenoxy) is 1. The largest absolute Gasteiger partial charge is 0.497 e. The van der Waals surface area contributed by atoms with E-state index in [2.05, 4.69) is 11.4 Å². The maximum absolute atomic E-state index is 5.15. The molecule has 1 aromatic rings. The molecule has 0 bridgehead atoms. The highest BCUT2D eigenvalue weighted by Gasteiger charge is 1.96. The Kier molecular flexibility index (Phi) is 5.50. The SMILES string of the molecule is COc1cccc(CCNC(=S)SC)c1. The van der Waals surface area contributed by atoms with Gasteiger partial charge in [0.25, 0.3) is 0 Å². The van der Waals surface area contributed by atoms with E-state index in [-0.39, 0.29) is 0 Å². The van der Waals surface area contributed by atoms with Crippen molar-refractivity contribution in [3.63, 3.8) is 0 Å². The first kappa shape index (κ1) is 12.3. The molecule has 1 rings (SSSR count). The molecular formula is C11H15NOS2. The summed E-state index contributed by atoms with van der Waals surface area (Å²) < 4.78 is 6.00. The van der Waals surface area contributed by atoms with Crippen molar-refractivity contribution in [1.29, 1.82) is 0 Å². The molecule has 0 spiro atoms. The first-order valence-electron chi connectivity index (χ1n) is 4.71. The zero-order valence-electron chi connectivity index (χ0n) is 8.95. The molecule has 2 nitrogen and oxygen atoms in total. The molecule has 0 amide bonds. The third-order valence-corrected chi connectivity index (χ3v) is 3.16. The van der Waals surface area contributed by atoms with Gasteiger partial charge in [-0.1, -0.05) is 24.4 Å². The highest BCUT2D eigenvalue weighted by atomic mass is 32.2. The number of methoxy groups -OCH3 is 1. The Morgan fingerprint density at radius 2 is 2.33 bits per heavy atom. The molecule has 0 fully saturated rings. The van der Waals surface area contributed by atoms with Crippen LogP contribution in [0.3, 0.4) is 0 Å². The highest BCUT2D eigenvalue weighted by molar-refractivity contribution is 8.22. The zero-order valence-corrected chi connectivity index (χ0v) is 10.6. The van der Waals surface area contributed by atoms with E-state index in [1.165, 1.54) is 5.56 Å². The van der Waals surface area contributed by atoms with Gasteiger partial charge in [0.15, 0.2) is 0 Å². The number of thioether (sulfide) groups is 1. The monoisotopic (exact) mass is 241 g/mol. The van der Waals surface area contributed by atoms with E-state index in [0.717, 1.165) is 23.0 Å². The molecule has 4 heteroatoms. The summed E-state index contributed by atoms with van der Waals surface area (Å²) in [7, 11) is 1.68. The molecule has 1 N–H and O–H groups in total. The third kappa shape index (κ3) is 4.53. The summed E-state index contributed by atoms with van der Waals surface area (Å²) in [5.41, 5.74) is 1.26. The van der Waals surface area contributed by atoms with Crippen LogP contribution in [0, 0.1) is 0 Å². The van der Waals surface area contributed by atoms with Crippen LogP contribution in [0.4, 0.5) is 0 Å². The summed E-state index contributed by atoms with van der Waals surface area (Å²) in [6, 6.07) is 8.08. The Morgan fingerprint density at radius 1 is 1.53 bits per heavy atom. The maximum atomic E-state index is 5.15. The van der Waals surface area contributed by atoms with Gasteiger partial charge in [0.1, 0.15) is 10.1 Å². The van der Waals surface area contributed by atoms with Crippen molar-refractivity contribution in [2.75, 3.05) is 19.9 Å². The lowest BCUT2D eigenvalue weighted by Crippen LogP contribution is -2.20. The molecule has 0 saturated heterocycles. The van der Waals surface area contributed by atoms with Crippen molar-refractivity contribution in [3.8, 4) is 5.75 Å². The minimum absolute atomic E-state index is 0.845. The van der Waals surface area contributed by atoms with E-state index in [1.54, 1.807) is 18.9 Å². The predicted octanol–water partition coefficient (Wildman–Crippen LogP) is 2.48. The second kappa shape index (κ2) is 6.69. The normalized spacial score (nSPS) is 9.73. The molecule has 0 aromatic heterocycles. The molecule has 15 heavy (non-hydrogen) atoms. The van der Waals surface area contributed by atoms with Crippen LogP contribution in [0.1, 0.15) is 5.56 Å². The first-order chi connectivity index (χ1) is 7.26. The van der Waals surface area contributed by atoms with Crippen LogP contribution >= 0.6 is 24.0 Å². The van der Waals surface area contributed by atoms with E-state index in [4.69, 9.17) is 17.0 Å². The number of nitrogens with one attached hydrogen (secondary N) is 1. The number of hydrogen-bond donors (Lipinski definition) is 1. The van der Waals surface area contributed by atoms with Crippen molar-refractivity contribution in [2.45, 2.75) is 6.42 Å². The summed E-state index contributed by atoms with van der Waals surface area (Å²) in [5.74, 6) is 0.903. The fourth-order valence-electron chi connectivity index (χ4n) is 1.21. The van der Waals surface area contributed by atoms with Crippen LogP contribution in [-0.2, 0) is 6.42 Å². The van der Waals surface area contributed by atoms with Gasteiger partial charge in [-0.05, 0) is 30.4 Å². The zero-order chi connectivity index (χ0) is 11.1. The van der Waals surface area contributed by atoms with Crippen LogP contribution in [0.25, 0.3) is 0 Å². The maximum Gasteiger partial charge on any atom is 0.133 e. The van der Waals surface area contributed by atoms with Crippen molar-refractivity contribution in [3.05, 3.63) is 29.8 Å². The topological polar surface area (TPSA) is 21.3 Å². The van der Waals surface area contributed by atoms with Crippen LogP contribution in [-0.4, -0.2) is 24.2 Å². The molecule has 1 aromatic carbocycles. The van der Waals surface area contributed by atoms with E-state index >= 15 is 0 Å². The first-order valence-corrected chi connectivity index (χ1v) is 6.34. The molecule has 0 aliphatic heterocycles. The number of rotatable bonds is 4. The Labute approximate surface area is 100 Å². The second-order valence-electron chi connectivity index (χ2n) is 3.02. The van der Waals surface area contributed by atoms with Crippen LogP contribution < -0.4 is 10.1 Å². The van der Waals surface area contributed by atoms with Crippen molar-refractivity contribution >= 4 is 28.3 Å². The van der Waals surface area contributed by atoms with Crippen LogP contribution in [0.15, 0.2) is 24.3 Å². The summed E-state index contributed by atoms with van der Waals surface area (Å²) >= 11 is 6.61. The summed E-state index contributed by atoms with van der Waals surface area (Å²) in [4.78, 5) is 0. The second-order valence-corrected chi connectivity index (χ2v) is 4.50. The average molecular weight is 241 g/mol. The third-order valence-electron chi connectivity index (χ3n) is 2.00. The van der Waals surface area contributed by atoms with Gasteiger partial charge < -0.3 is 10.1 Å². The van der Waals surface area contributed by atoms with Gasteiger partial charge in [0.05, 0.1) is 7.11 Å². The van der Waals surface area contributed by atoms with Gasteiger partial charge in [0, 0.05) is 6.54 Å². The molecule has 0 unspecified atom stereocenters. The predicted molar refractivity (Wildman–Crippen MR) is 70.8 cm³/mol. The summed E-state index contributed by atoms with van der Waals surface area (Å²) in [6.45, 7) is 0.868. The van der Waals surface area contributed by atoms with Gasteiger partial charge in [-0.3, -0.25) is 0 Å². The van der Waals surface area contributed by atoms with Crippen LogP contribution in [0.5, 0.6) is 5.75 Å². The molecule has 0 heterocycles. The standard InChI is InChI=1S/C11H15NOS2/c1-13-10-5-3-4-9(8-10)6-7-12-11(14)15-2/h3-5,8H,6-7H2,1-2H3,(H,12,14). The van der Waals surface area contributed by atoms with Crippen molar-refractivity contribution in [1.82, 2.24) is 5.32 Å². The Hall–Kier alpha value is -0.740. The van der Waals surface area contributed by atoms with Crippen molar-refractivity contribution in [2.24, 2.45) is 0 Å². The van der Waals surface area contributed by atoms with Gasteiger partial charge in [0.2, 0.25) is 0 Å². The number of thiocarbonyl (C=S) groups is 1. The fraction of sp³-hybridized carbons (Fsp3) is 0.364. The lowest BCUT2D eigenvalue weighted by Gasteiger charge is -2.06. The highest BCUT2D eigenvalue weighted by Crippen LogP contribution is 2.12. The smallest absolute Gasteiger partial charge is 0.133 e. The van der Waals surface area contributed by atoms with Gasteiger partial charge in [-0.15, -0.1) is 11.8 Å². The fourth-order valence-corrected chi connectivity index (χ4v) is 1.56. The van der Waals surface area contributed by atoms with Gasteiger partial charge >= 0.3 is 0 Å². The molecule has 0 atom stereocenters. The minimum atomic E-state index is 0.845.